The maximum Gasteiger partial charge on any atom is 0.242 e. The molecule has 0 bridgehead atoms. The minimum atomic E-state index is -3.51. The second-order valence-corrected chi connectivity index (χ2v) is 8.76. The second-order valence-electron chi connectivity index (χ2n) is 5.10. The molecule has 21 heavy (non-hydrogen) atoms. The molecular formula is C14H20N2O2S3. The number of hydrogen-bond acceptors (Lipinski definition) is 5. The highest BCUT2D eigenvalue weighted by Crippen LogP contribution is 2.29. The van der Waals surface area contributed by atoms with Gasteiger partial charge in [0.05, 0.1) is 10.9 Å². The van der Waals surface area contributed by atoms with Crippen LogP contribution in [0.5, 0.6) is 0 Å². The van der Waals surface area contributed by atoms with Gasteiger partial charge in [-0.05, 0) is 35.9 Å². The zero-order valence-corrected chi connectivity index (χ0v) is 14.7. The molecule has 1 atom stereocenters. The maximum atomic E-state index is 12.7. The molecule has 0 aliphatic rings. The van der Waals surface area contributed by atoms with Gasteiger partial charge in [0.25, 0.3) is 0 Å². The van der Waals surface area contributed by atoms with Gasteiger partial charge in [-0.15, -0.1) is 22.7 Å². The number of rotatable bonds is 7. The summed E-state index contributed by atoms with van der Waals surface area (Å²) in [5.41, 5.74) is 0. The van der Waals surface area contributed by atoms with E-state index >= 15 is 0 Å². The Hall–Kier alpha value is -0.730. The van der Waals surface area contributed by atoms with E-state index in [0.717, 1.165) is 9.75 Å². The number of thiophene rings is 2. The van der Waals surface area contributed by atoms with E-state index < -0.39 is 10.0 Å². The fourth-order valence-corrected chi connectivity index (χ4v) is 5.92. The highest BCUT2D eigenvalue weighted by molar-refractivity contribution is 7.89. The number of sulfonamides is 1. The molecular weight excluding hydrogens is 324 g/mol. The summed E-state index contributed by atoms with van der Waals surface area (Å²) in [7, 11) is -1.70. The quantitative estimate of drug-likeness (QED) is 0.811. The van der Waals surface area contributed by atoms with Crippen LogP contribution < -0.4 is 10.0 Å². The Morgan fingerprint density at radius 1 is 1.19 bits per heavy atom. The molecule has 2 heterocycles. The summed E-state index contributed by atoms with van der Waals surface area (Å²) in [5, 5.41) is 6.79. The average molecular weight is 345 g/mol. The lowest BCUT2D eigenvalue weighted by Gasteiger charge is -2.21. The van der Waals surface area contributed by atoms with E-state index in [-0.39, 0.29) is 12.0 Å². The van der Waals surface area contributed by atoms with Crippen molar-refractivity contribution < 1.29 is 8.42 Å². The zero-order chi connectivity index (χ0) is 15.5. The first-order chi connectivity index (χ1) is 9.95. The highest BCUT2D eigenvalue weighted by Gasteiger charge is 2.26. The van der Waals surface area contributed by atoms with Crippen LogP contribution >= 0.6 is 22.7 Å². The smallest absolute Gasteiger partial charge is 0.242 e. The Balaban J connectivity index is 2.29. The molecule has 0 saturated heterocycles. The molecule has 1 unspecified atom stereocenters. The molecule has 0 radical (unpaired) electrons. The van der Waals surface area contributed by atoms with E-state index in [2.05, 4.69) is 10.0 Å². The first kappa shape index (κ1) is 16.6. The topological polar surface area (TPSA) is 58.2 Å². The second kappa shape index (κ2) is 7.02. The van der Waals surface area contributed by atoms with Crippen LogP contribution in [-0.4, -0.2) is 15.5 Å². The van der Waals surface area contributed by atoms with Crippen LogP contribution in [0.25, 0.3) is 0 Å². The molecule has 0 aromatic carbocycles. The van der Waals surface area contributed by atoms with Crippen LogP contribution in [0.3, 0.4) is 0 Å². The fourth-order valence-electron chi connectivity index (χ4n) is 2.08. The van der Waals surface area contributed by atoms with Crippen LogP contribution in [0.2, 0.25) is 0 Å². The van der Waals surface area contributed by atoms with Gasteiger partial charge >= 0.3 is 0 Å². The molecule has 0 spiro atoms. The summed E-state index contributed by atoms with van der Waals surface area (Å²) in [4.78, 5) is 2.25. The van der Waals surface area contributed by atoms with Crippen LogP contribution in [0.15, 0.2) is 33.9 Å². The van der Waals surface area contributed by atoms with E-state index in [0.29, 0.717) is 11.4 Å². The molecule has 2 N–H and O–H groups in total. The number of hydrogen-bond donors (Lipinski definition) is 2. The van der Waals surface area contributed by atoms with Gasteiger partial charge in [0, 0.05) is 16.3 Å². The van der Waals surface area contributed by atoms with E-state index in [1.807, 2.05) is 43.8 Å². The molecule has 0 fully saturated rings. The first-order valence-corrected chi connectivity index (χ1v) is 9.96. The van der Waals surface area contributed by atoms with Crippen molar-refractivity contribution in [1.82, 2.24) is 10.0 Å². The van der Waals surface area contributed by atoms with Crippen LogP contribution in [0, 0.1) is 5.92 Å². The summed E-state index contributed by atoms with van der Waals surface area (Å²) in [6.45, 7) is 4.60. The molecule has 2 aromatic rings. The van der Waals surface area contributed by atoms with Gasteiger partial charge in [-0.1, -0.05) is 19.9 Å². The predicted molar refractivity (Wildman–Crippen MR) is 89.3 cm³/mol. The fraction of sp³-hybridized carbons (Fsp3) is 0.429. The van der Waals surface area contributed by atoms with Gasteiger partial charge in [-0.25, -0.2) is 13.1 Å². The Bertz CT molecular complexity index is 660. The minimum Gasteiger partial charge on any atom is -0.315 e. The maximum absolute atomic E-state index is 12.7. The Labute approximate surface area is 134 Å². The molecule has 0 saturated carbocycles. The first-order valence-electron chi connectivity index (χ1n) is 6.72. The molecule has 116 valence electrons. The van der Waals surface area contributed by atoms with Crippen molar-refractivity contribution in [3.63, 3.8) is 0 Å². The van der Waals surface area contributed by atoms with Gasteiger partial charge in [0.15, 0.2) is 0 Å². The molecule has 2 aromatic heterocycles. The monoisotopic (exact) mass is 344 g/mol. The van der Waals surface area contributed by atoms with Crippen molar-refractivity contribution in [2.45, 2.75) is 31.3 Å². The highest BCUT2D eigenvalue weighted by atomic mass is 32.2. The van der Waals surface area contributed by atoms with E-state index in [1.54, 1.807) is 17.4 Å². The third kappa shape index (κ3) is 3.92. The molecule has 7 heteroatoms. The van der Waals surface area contributed by atoms with E-state index in [4.69, 9.17) is 0 Å². The summed E-state index contributed by atoms with van der Waals surface area (Å²) >= 11 is 3.03. The molecule has 4 nitrogen and oxygen atoms in total. The molecule has 2 rings (SSSR count). The van der Waals surface area contributed by atoms with Gasteiger partial charge in [-0.2, -0.15) is 0 Å². The van der Waals surface area contributed by atoms with Gasteiger partial charge in [-0.3, -0.25) is 0 Å². The van der Waals surface area contributed by atoms with Gasteiger partial charge in [0.1, 0.15) is 0 Å². The minimum absolute atomic E-state index is 0.185. The lowest BCUT2D eigenvalue weighted by molar-refractivity contribution is 0.468. The third-order valence-electron chi connectivity index (χ3n) is 3.13. The van der Waals surface area contributed by atoms with E-state index in [1.165, 1.54) is 11.3 Å². The molecule has 0 aliphatic carbocycles. The predicted octanol–water partition coefficient (Wildman–Crippen LogP) is 3.20. The van der Waals surface area contributed by atoms with Crippen molar-refractivity contribution in [2.24, 2.45) is 5.92 Å². The van der Waals surface area contributed by atoms with Crippen molar-refractivity contribution in [1.29, 1.82) is 0 Å². The zero-order valence-electron chi connectivity index (χ0n) is 12.3. The summed E-state index contributed by atoms with van der Waals surface area (Å²) in [6, 6.07) is 5.39. The van der Waals surface area contributed by atoms with Crippen molar-refractivity contribution in [3.05, 3.63) is 38.7 Å². The Kier molecular flexibility index (Phi) is 5.56. The summed E-state index contributed by atoms with van der Waals surface area (Å²) in [6.07, 6.45) is 0. The normalized spacial score (nSPS) is 13.7. The standard InChI is InChI=1S/C14H20N2O2S3/c1-10(2)14(11-5-4-7-19-11)16-21(17,18)13-6-8-20-12(13)9-15-3/h4-8,10,14-16H,9H2,1-3H3. The van der Waals surface area contributed by atoms with Crippen molar-refractivity contribution in [2.75, 3.05) is 7.05 Å². The Morgan fingerprint density at radius 3 is 2.52 bits per heavy atom. The molecule has 0 amide bonds. The van der Waals surface area contributed by atoms with E-state index in [9.17, 15) is 8.42 Å². The third-order valence-corrected chi connectivity index (χ3v) is 6.66. The molecule has 0 aliphatic heterocycles. The summed E-state index contributed by atoms with van der Waals surface area (Å²) < 4.78 is 28.2. The lowest BCUT2D eigenvalue weighted by Crippen LogP contribution is -2.31. The largest absolute Gasteiger partial charge is 0.315 e. The summed E-state index contributed by atoms with van der Waals surface area (Å²) in [5.74, 6) is 0.185. The van der Waals surface area contributed by atoms with Gasteiger partial charge < -0.3 is 5.32 Å². The van der Waals surface area contributed by atoms with Crippen LogP contribution in [0.4, 0.5) is 0 Å². The van der Waals surface area contributed by atoms with Crippen molar-refractivity contribution >= 4 is 32.7 Å². The SMILES string of the molecule is CNCc1sccc1S(=O)(=O)NC(c1cccs1)C(C)C. The number of nitrogens with one attached hydrogen (secondary N) is 2. The van der Waals surface area contributed by atoms with Gasteiger partial charge in [0.2, 0.25) is 10.0 Å². The van der Waals surface area contributed by atoms with Crippen LogP contribution in [-0.2, 0) is 16.6 Å². The van der Waals surface area contributed by atoms with Crippen molar-refractivity contribution in [3.8, 4) is 0 Å². The van der Waals surface area contributed by atoms with Crippen LogP contribution in [0.1, 0.15) is 29.6 Å². The average Bonchev–Trinajstić information content (AvgIpc) is 3.07. The lowest BCUT2D eigenvalue weighted by atomic mass is 10.0. The Morgan fingerprint density at radius 2 is 1.95 bits per heavy atom.